The van der Waals surface area contributed by atoms with E-state index in [2.05, 4.69) is 5.32 Å². The number of para-hydroxylation sites is 2. The lowest BCUT2D eigenvalue weighted by molar-refractivity contribution is -0.121. The first-order valence-corrected chi connectivity index (χ1v) is 13.8. The Morgan fingerprint density at radius 3 is 2.31 bits per heavy atom. The van der Waals surface area contributed by atoms with E-state index in [1.807, 2.05) is 65.6 Å². The Balaban J connectivity index is 1.52. The smallest absolute Gasteiger partial charge is 0.238 e. The van der Waals surface area contributed by atoms with E-state index >= 15 is 0 Å². The number of carbonyl (C=O) groups is 3. The van der Waals surface area contributed by atoms with E-state index in [9.17, 15) is 14.4 Å². The second-order valence-electron chi connectivity index (χ2n) is 10.8. The molecule has 3 aliphatic heterocycles. The van der Waals surface area contributed by atoms with Crippen LogP contribution >= 0.6 is 0 Å². The van der Waals surface area contributed by atoms with Gasteiger partial charge in [0.25, 0.3) is 0 Å². The van der Waals surface area contributed by atoms with Crippen molar-refractivity contribution in [1.29, 1.82) is 0 Å². The van der Waals surface area contributed by atoms with E-state index in [0.29, 0.717) is 33.9 Å². The van der Waals surface area contributed by atoms with E-state index in [0.717, 1.165) is 11.3 Å². The number of ketones is 2. The highest BCUT2D eigenvalue weighted by Crippen LogP contribution is 2.58. The lowest BCUT2D eigenvalue weighted by Gasteiger charge is -2.37. The highest BCUT2D eigenvalue weighted by Gasteiger charge is 2.70. The average molecular weight is 557 g/mol. The summed E-state index contributed by atoms with van der Waals surface area (Å²) in [5.74, 6) is -0.759. The number of fused-ring (bicyclic) bond motifs is 6. The lowest BCUT2D eigenvalue weighted by Crippen LogP contribution is -2.51. The van der Waals surface area contributed by atoms with Crippen LogP contribution in [0.2, 0.25) is 0 Å². The molecule has 0 aliphatic carbocycles. The molecule has 3 aliphatic rings. The van der Waals surface area contributed by atoms with Gasteiger partial charge in [0, 0.05) is 22.5 Å². The quantitative estimate of drug-likeness (QED) is 0.313. The largest absolute Gasteiger partial charge is 0.497 e. The van der Waals surface area contributed by atoms with Gasteiger partial charge in [-0.1, -0.05) is 60.7 Å². The maximum absolute atomic E-state index is 14.9. The fourth-order valence-electron chi connectivity index (χ4n) is 7.00. The number of ether oxygens (including phenoxy) is 2. The number of Topliss-reactive ketones (excluding diaryl/α,β-unsaturated/α-hetero) is 2. The molecule has 4 atom stereocenters. The molecule has 4 aromatic rings. The first-order chi connectivity index (χ1) is 20.5. The number of nitrogens with one attached hydrogen (secondary N) is 1. The molecule has 1 amide bonds. The van der Waals surface area contributed by atoms with Gasteiger partial charge in [-0.05, 0) is 59.7 Å². The van der Waals surface area contributed by atoms with Crippen molar-refractivity contribution < 1.29 is 23.9 Å². The number of carbonyl (C=O) groups excluding carboxylic acids is 3. The first kappa shape index (κ1) is 25.8. The Morgan fingerprint density at radius 2 is 1.52 bits per heavy atom. The van der Waals surface area contributed by atoms with Crippen LogP contribution < -0.4 is 19.7 Å². The lowest BCUT2D eigenvalue weighted by atomic mass is 9.64. The summed E-state index contributed by atoms with van der Waals surface area (Å²) in [4.78, 5) is 46.0. The molecule has 0 unspecified atom stereocenters. The van der Waals surface area contributed by atoms with Crippen LogP contribution in [0.25, 0.3) is 6.08 Å². The molecule has 7 heteroatoms. The van der Waals surface area contributed by atoms with E-state index in [4.69, 9.17) is 9.47 Å². The fraction of sp³-hybridized carbons (Fsp3) is 0.171. The van der Waals surface area contributed by atoms with Crippen molar-refractivity contribution in [3.8, 4) is 11.5 Å². The van der Waals surface area contributed by atoms with Gasteiger partial charge in [-0.2, -0.15) is 0 Å². The molecule has 7 nitrogen and oxygen atoms in total. The molecule has 0 aromatic heterocycles. The molecule has 0 saturated carbocycles. The maximum atomic E-state index is 14.9. The van der Waals surface area contributed by atoms with E-state index in [-0.39, 0.29) is 17.5 Å². The Kier molecular flexibility index (Phi) is 5.97. The predicted molar refractivity (Wildman–Crippen MR) is 160 cm³/mol. The monoisotopic (exact) mass is 556 g/mol. The number of hydrogen-bond donors (Lipinski definition) is 1. The summed E-state index contributed by atoms with van der Waals surface area (Å²) in [5, 5.41) is 3.06. The molecule has 4 aromatic carbocycles. The van der Waals surface area contributed by atoms with Crippen molar-refractivity contribution in [1.82, 2.24) is 0 Å². The number of amides is 1. The van der Waals surface area contributed by atoms with Gasteiger partial charge in [0.1, 0.15) is 23.0 Å². The summed E-state index contributed by atoms with van der Waals surface area (Å²) >= 11 is 0. The normalized spacial score (nSPS) is 23.1. The van der Waals surface area contributed by atoms with Gasteiger partial charge in [-0.25, -0.2) is 0 Å². The molecule has 0 bridgehead atoms. The van der Waals surface area contributed by atoms with Gasteiger partial charge in [0.15, 0.2) is 11.6 Å². The third kappa shape index (κ3) is 3.56. The maximum Gasteiger partial charge on any atom is 0.238 e. The minimum atomic E-state index is -1.37. The summed E-state index contributed by atoms with van der Waals surface area (Å²) in [7, 11) is 3.11. The molecule has 1 spiro atoms. The zero-order chi connectivity index (χ0) is 29.0. The summed E-state index contributed by atoms with van der Waals surface area (Å²) in [6.45, 7) is 0. The molecule has 208 valence electrons. The summed E-state index contributed by atoms with van der Waals surface area (Å²) < 4.78 is 10.8. The molecule has 42 heavy (non-hydrogen) atoms. The number of rotatable bonds is 6. The topological polar surface area (TPSA) is 84.9 Å². The third-order valence-electron chi connectivity index (χ3n) is 8.82. The molecule has 1 N–H and O–H groups in total. The van der Waals surface area contributed by atoms with Crippen molar-refractivity contribution in [3.63, 3.8) is 0 Å². The van der Waals surface area contributed by atoms with Crippen molar-refractivity contribution >= 4 is 34.9 Å². The SMILES string of the molecule is COc1ccc(C(=O)[C@@H]2[C@H](C(=O)c3cccc(OC)c3)[C@@]3(C(=O)Nc4ccccc43)[C@@H]3C=Cc4ccccc4N23)cc1. The standard InChI is InChI=1S/C35H28N2O5/c1-41-24-17-14-22(15-18-24)33(39)31-30(32(38)23-9-7-10-25(20-23)42-2)35(26-11-4-5-12-27(26)36-34(35)40)29-19-16-21-8-3-6-13-28(21)37(29)31/h3-20,29-31H,1-2H3,(H,36,40)/t29-,30+,31-,35-/m0/s1. The van der Waals surface area contributed by atoms with Gasteiger partial charge in [0.05, 0.1) is 26.2 Å². The second-order valence-corrected chi connectivity index (χ2v) is 10.8. The molecule has 0 radical (unpaired) electrons. The van der Waals surface area contributed by atoms with Gasteiger partial charge in [-0.3, -0.25) is 14.4 Å². The van der Waals surface area contributed by atoms with Crippen LogP contribution in [0.3, 0.4) is 0 Å². The van der Waals surface area contributed by atoms with Gasteiger partial charge in [0.2, 0.25) is 5.91 Å². The highest BCUT2D eigenvalue weighted by molar-refractivity contribution is 6.18. The van der Waals surface area contributed by atoms with Crippen molar-refractivity contribution in [2.24, 2.45) is 5.92 Å². The third-order valence-corrected chi connectivity index (χ3v) is 8.82. The summed E-state index contributed by atoms with van der Waals surface area (Å²) in [6, 6.07) is 27.5. The van der Waals surface area contributed by atoms with Crippen LogP contribution in [0.5, 0.6) is 11.5 Å². The Morgan fingerprint density at radius 1 is 0.786 bits per heavy atom. The van der Waals surface area contributed by atoms with Crippen LogP contribution in [0.15, 0.2) is 103 Å². The number of anilines is 2. The van der Waals surface area contributed by atoms with E-state index in [1.54, 1.807) is 62.8 Å². The van der Waals surface area contributed by atoms with Gasteiger partial charge >= 0.3 is 0 Å². The van der Waals surface area contributed by atoms with Crippen LogP contribution in [0.1, 0.15) is 31.8 Å². The van der Waals surface area contributed by atoms with E-state index < -0.39 is 23.4 Å². The molecule has 3 heterocycles. The minimum absolute atomic E-state index is 0.247. The van der Waals surface area contributed by atoms with Crippen molar-refractivity contribution in [3.05, 3.63) is 125 Å². The van der Waals surface area contributed by atoms with Crippen LogP contribution in [0.4, 0.5) is 11.4 Å². The summed E-state index contributed by atoms with van der Waals surface area (Å²) in [5.41, 5.74) is 2.51. The zero-order valence-corrected chi connectivity index (χ0v) is 23.1. The van der Waals surface area contributed by atoms with Crippen molar-refractivity contribution in [2.75, 3.05) is 24.4 Å². The zero-order valence-electron chi connectivity index (χ0n) is 23.1. The number of nitrogens with zero attached hydrogens (tertiary/aromatic N) is 1. The summed E-state index contributed by atoms with van der Waals surface area (Å²) in [6.07, 6.45) is 3.96. The first-order valence-electron chi connectivity index (χ1n) is 13.8. The number of methoxy groups -OCH3 is 2. The van der Waals surface area contributed by atoms with Gasteiger partial charge < -0.3 is 19.7 Å². The Hall–Kier alpha value is -5.17. The van der Waals surface area contributed by atoms with Gasteiger partial charge in [-0.15, -0.1) is 0 Å². The highest BCUT2D eigenvalue weighted by atomic mass is 16.5. The molecular formula is C35H28N2O5. The predicted octanol–water partition coefficient (Wildman–Crippen LogP) is 5.56. The van der Waals surface area contributed by atoms with Crippen LogP contribution in [0, 0.1) is 5.92 Å². The van der Waals surface area contributed by atoms with Crippen LogP contribution in [-0.2, 0) is 10.2 Å². The minimum Gasteiger partial charge on any atom is -0.497 e. The molecule has 7 rings (SSSR count). The Labute approximate surface area is 243 Å². The molecule has 1 saturated heterocycles. The average Bonchev–Trinajstić information content (AvgIpc) is 3.52. The number of hydrogen-bond acceptors (Lipinski definition) is 6. The number of benzene rings is 4. The fourth-order valence-corrected chi connectivity index (χ4v) is 7.00. The van der Waals surface area contributed by atoms with E-state index in [1.165, 1.54) is 0 Å². The Bertz CT molecular complexity index is 1780. The molecule has 1 fully saturated rings. The van der Waals surface area contributed by atoms with Crippen LogP contribution in [-0.4, -0.2) is 43.8 Å². The van der Waals surface area contributed by atoms with Crippen molar-refractivity contribution in [2.45, 2.75) is 17.5 Å². The second kappa shape index (κ2) is 9.73. The molecular weight excluding hydrogens is 528 g/mol.